The maximum absolute atomic E-state index is 9.77. The highest BCUT2D eigenvalue weighted by Crippen LogP contribution is 2.32. The molecule has 5 heteroatoms. The predicted molar refractivity (Wildman–Crippen MR) is 79.8 cm³/mol. The van der Waals surface area contributed by atoms with Crippen LogP contribution in [0, 0.1) is 0 Å². The van der Waals surface area contributed by atoms with Crippen LogP contribution in [0.1, 0.15) is 22.7 Å². The summed E-state index contributed by atoms with van der Waals surface area (Å²) in [5.74, 6) is 4.14. The maximum Gasteiger partial charge on any atom is 0.185 e. The number of aldehydes is 1. The van der Waals surface area contributed by atoms with Crippen molar-refractivity contribution in [3.8, 4) is 0 Å². The molecule has 3 rings (SSSR count). The van der Waals surface area contributed by atoms with Crippen LogP contribution in [-0.2, 0) is 6.42 Å². The van der Waals surface area contributed by atoms with E-state index in [0.717, 1.165) is 16.8 Å². The quantitative estimate of drug-likeness (QED) is 0.797. The van der Waals surface area contributed by atoms with Gasteiger partial charge in [-0.2, -0.15) is 0 Å². The van der Waals surface area contributed by atoms with Gasteiger partial charge in [-0.15, -0.1) is 23.5 Å². The van der Waals surface area contributed by atoms with Crippen LogP contribution < -0.4 is 0 Å². The lowest BCUT2D eigenvalue weighted by Crippen LogP contribution is -2.08. The lowest BCUT2D eigenvalue weighted by molar-refractivity contribution is 0.110. The maximum atomic E-state index is 9.77. The first-order chi connectivity index (χ1) is 9.38. The molecule has 0 aliphatic carbocycles. The molecule has 1 saturated heterocycles. The summed E-state index contributed by atoms with van der Waals surface area (Å²) in [4.78, 5) is 9.77. The zero-order chi connectivity index (χ0) is 13.3. The topological polar surface area (TPSA) is 43.4 Å². The summed E-state index contributed by atoms with van der Waals surface area (Å²) in [7, 11) is 0. The fourth-order valence-corrected chi connectivity index (χ4v) is 4.46. The number of carbonyl (C=O) groups excluding carboxylic acids is 1. The normalized spacial score (nSPS) is 15.6. The molecule has 0 saturated carbocycles. The van der Waals surface area contributed by atoms with Gasteiger partial charge in [0.15, 0.2) is 12.0 Å². The Kier molecular flexibility index (Phi) is 6.17. The van der Waals surface area contributed by atoms with Crippen LogP contribution in [0.15, 0.2) is 45.6 Å². The van der Waals surface area contributed by atoms with E-state index in [2.05, 4.69) is 34.0 Å². The Labute approximate surface area is 121 Å². The number of rotatable bonds is 3. The van der Waals surface area contributed by atoms with E-state index in [1.165, 1.54) is 24.2 Å². The van der Waals surface area contributed by atoms with E-state index < -0.39 is 0 Å². The molecule has 1 aliphatic rings. The summed E-state index contributed by atoms with van der Waals surface area (Å²) in [5, 5.41) is 0. The van der Waals surface area contributed by atoms with Gasteiger partial charge < -0.3 is 8.83 Å². The van der Waals surface area contributed by atoms with E-state index in [1.807, 2.05) is 6.07 Å². The molecule has 1 aliphatic heterocycles. The van der Waals surface area contributed by atoms with Gasteiger partial charge in [0.2, 0.25) is 0 Å². The van der Waals surface area contributed by atoms with E-state index in [9.17, 15) is 4.79 Å². The third-order valence-electron chi connectivity index (χ3n) is 2.50. The number of carbonyl (C=O) groups is 1. The minimum absolute atomic E-state index is 0.375. The average Bonchev–Trinajstić information content (AvgIpc) is 3.13. The number of hydrogen-bond acceptors (Lipinski definition) is 5. The van der Waals surface area contributed by atoms with Gasteiger partial charge in [-0.1, -0.05) is 0 Å². The van der Waals surface area contributed by atoms with Crippen LogP contribution in [0.25, 0.3) is 0 Å². The van der Waals surface area contributed by atoms with Crippen molar-refractivity contribution in [1.82, 2.24) is 0 Å². The minimum atomic E-state index is 0.375. The predicted octanol–water partition coefficient (Wildman–Crippen LogP) is 4.11. The van der Waals surface area contributed by atoms with Crippen molar-refractivity contribution in [3.05, 3.63) is 48.3 Å². The molecule has 19 heavy (non-hydrogen) atoms. The van der Waals surface area contributed by atoms with Crippen molar-refractivity contribution in [2.75, 3.05) is 11.5 Å². The molecule has 0 bridgehead atoms. The summed E-state index contributed by atoms with van der Waals surface area (Å²) in [5.41, 5.74) is 0. The molecule has 0 amide bonds. The molecule has 0 N–H and O–H groups in total. The van der Waals surface area contributed by atoms with Crippen LogP contribution in [-0.4, -0.2) is 22.4 Å². The fourth-order valence-electron chi connectivity index (χ4n) is 1.61. The average molecular weight is 296 g/mol. The van der Waals surface area contributed by atoms with Gasteiger partial charge in [-0.3, -0.25) is 4.79 Å². The van der Waals surface area contributed by atoms with Gasteiger partial charge in [0.25, 0.3) is 0 Å². The summed E-state index contributed by atoms with van der Waals surface area (Å²) in [6, 6.07) is 7.31. The number of furan rings is 2. The molecular formula is C14H16O3S2. The molecule has 0 atom stereocenters. The monoisotopic (exact) mass is 296 g/mol. The van der Waals surface area contributed by atoms with Gasteiger partial charge in [0.1, 0.15) is 5.76 Å². The standard InChI is InChI=1S/C9H12OS2.C5H4O2/c1-3-8(10-4-1)7-9-11-5-2-6-12-9;6-4-5-2-1-3-7-5/h1,3-4,9H,2,5-7H2;1-4H. The lowest BCUT2D eigenvalue weighted by atomic mass is 10.4. The molecule has 0 radical (unpaired) electrons. The van der Waals surface area contributed by atoms with Crippen molar-refractivity contribution in [2.24, 2.45) is 0 Å². The molecular weight excluding hydrogens is 280 g/mol. The fraction of sp³-hybridized carbons (Fsp3) is 0.357. The van der Waals surface area contributed by atoms with Crippen molar-refractivity contribution in [2.45, 2.75) is 17.4 Å². The molecule has 3 nitrogen and oxygen atoms in total. The first kappa shape index (κ1) is 14.3. The third kappa shape index (κ3) is 5.20. The molecule has 0 unspecified atom stereocenters. The molecule has 1 fully saturated rings. The van der Waals surface area contributed by atoms with E-state index in [4.69, 9.17) is 4.42 Å². The first-order valence-corrected chi connectivity index (χ1v) is 8.22. The van der Waals surface area contributed by atoms with Crippen LogP contribution in [0.5, 0.6) is 0 Å². The summed E-state index contributed by atoms with van der Waals surface area (Å²) in [6.45, 7) is 0. The largest absolute Gasteiger partial charge is 0.469 e. The smallest absolute Gasteiger partial charge is 0.185 e. The summed E-state index contributed by atoms with van der Waals surface area (Å²) < 4.78 is 10.7. The molecule has 2 aromatic heterocycles. The third-order valence-corrected chi connectivity index (χ3v) is 5.45. The molecule has 2 aromatic rings. The van der Waals surface area contributed by atoms with Gasteiger partial charge in [-0.05, 0) is 42.2 Å². The van der Waals surface area contributed by atoms with Gasteiger partial charge in [-0.25, -0.2) is 0 Å². The second-order valence-corrected chi connectivity index (χ2v) is 6.86. The molecule has 102 valence electrons. The van der Waals surface area contributed by atoms with Crippen LogP contribution in [0.4, 0.5) is 0 Å². The Bertz CT molecular complexity index is 445. The van der Waals surface area contributed by atoms with Gasteiger partial charge in [0.05, 0.1) is 17.1 Å². The second-order valence-electron chi connectivity index (χ2n) is 3.94. The number of thioether (sulfide) groups is 2. The Morgan fingerprint density at radius 2 is 1.89 bits per heavy atom. The van der Waals surface area contributed by atoms with Crippen molar-refractivity contribution < 1.29 is 13.6 Å². The van der Waals surface area contributed by atoms with Crippen molar-refractivity contribution in [3.63, 3.8) is 0 Å². The highest BCUT2D eigenvalue weighted by Gasteiger charge is 2.15. The van der Waals surface area contributed by atoms with E-state index >= 15 is 0 Å². The SMILES string of the molecule is O=Cc1ccco1.c1coc(CC2SCCCS2)c1. The zero-order valence-electron chi connectivity index (χ0n) is 10.5. The highest BCUT2D eigenvalue weighted by molar-refractivity contribution is 8.17. The number of hydrogen-bond donors (Lipinski definition) is 0. The van der Waals surface area contributed by atoms with Crippen LogP contribution in [0.3, 0.4) is 0 Å². The Morgan fingerprint density at radius 3 is 2.42 bits per heavy atom. The minimum Gasteiger partial charge on any atom is -0.469 e. The first-order valence-electron chi connectivity index (χ1n) is 6.13. The Balaban J connectivity index is 0.000000163. The van der Waals surface area contributed by atoms with Crippen molar-refractivity contribution in [1.29, 1.82) is 0 Å². The molecule has 3 heterocycles. The molecule has 0 spiro atoms. The van der Waals surface area contributed by atoms with Gasteiger partial charge in [0, 0.05) is 6.42 Å². The van der Waals surface area contributed by atoms with E-state index in [1.54, 1.807) is 18.4 Å². The van der Waals surface area contributed by atoms with E-state index in [0.29, 0.717) is 12.0 Å². The highest BCUT2D eigenvalue weighted by atomic mass is 32.2. The van der Waals surface area contributed by atoms with Crippen LogP contribution in [0.2, 0.25) is 0 Å². The lowest BCUT2D eigenvalue weighted by Gasteiger charge is -2.19. The van der Waals surface area contributed by atoms with Crippen LogP contribution >= 0.6 is 23.5 Å². The van der Waals surface area contributed by atoms with Gasteiger partial charge >= 0.3 is 0 Å². The Hall–Kier alpha value is -1.07. The summed E-state index contributed by atoms with van der Waals surface area (Å²) >= 11 is 4.13. The Morgan fingerprint density at radius 1 is 1.16 bits per heavy atom. The zero-order valence-corrected chi connectivity index (χ0v) is 12.1. The van der Waals surface area contributed by atoms with Crippen molar-refractivity contribution >= 4 is 29.8 Å². The second kappa shape index (κ2) is 8.17. The molecule has 0 aromatic carbocycles. The summed E-state index contributed by atoms with van der Waals surface area (Å²) in [6.07, 6.45) is 6.34. The van der Waals surface area contributed by atoms with E-state index in [-0.39, 0.29) is 0 Å².